The van der Waals surface area contributed by atoms with Gasteiger partial charge < -0.3 is 5.32 Å². The van der Waals surface area contributed by atoms with Crippen molar-refractivity contribution in [3.63, 3.8) is 0 Å². The molecule has 0 saturated heterocycles. The molecular weight excluding hydrogens is 230 g/mol. The fraction of sp³-hybridized carbons (Fsp3) is 0.417. The summed E-state index contributed by atoms with van der Waals surface area (Å²) in [4.78, 5) is 11.8. The normalized spacial score (nSPS) is 10.6. The van der Waals surface area contributed by atoms with Crippen LogP contribution in [-0.4, -0.2) is 25.5 Å². The Balaban J connectivity index is 1.89. The van der Waals surface area contributed by atoms with E-state index in [9.17, 15) is 4.79 Å². The lowest BCUT2D eigenvalue weighted by atomic mass is 10.1. The quantitative estimate of drug-likeness (QED) is 0.877. The van der Waals surface area contributed by atoms with Gasteiger partial charge in [0, 0.05) is 32.3 Å². The number of carbonyl (C=O) groups excluding carboxylic acids is 1. The summed E-state index contributed by atoms with van der Waals surface area (Å²) in [6.07, 6.45) is 4.61. The largest absolute Gasteiger partial charge is 0.311 e. The van der Waals surface area contributed by atoms with Crippen LogP contribution in [0, 0.1) is 6.92 Å². The number of nitrogens with one attached hydrogen (secondary N) is 1. The standard InChI is InChI=1S/C12H17N5O/c1-9-10(8-14-16(9)2)4-5-12(18)15-11-6-7-13-17(11)3/h6-8H,4-5H2,1-3H3,(H,15,18). The van der Waals surface area contributed by atoms with Crippen molar-refractivity contribution in [1.29, 1.82) is 0 Å². The van der Waals surface area contributed by atoms with E-state index in [0.29, 0.717) is 18.7 Å². The molecule has 6 nitrogen and oxygen atoms in total. The third-order valence-corrected chi connectivity index (χ3v) is 3.05. The minimum atomic E-state index is -0.0122. The van der Waals surface area contributed by atoms with Crippen LogP contribution in [0.3, 0.4) is 0 Å². The summed E-state index contributed by atoms with van der Waals surface area (Å²) in [6, 6.07) is 1.77. The van der Waals surface area contributed by atoms with Gasteiger partial charge >= 0.3 is 0 Å². The van der Waals surface area contributed by atoms with Crippen LogP contribution in [0.5, 0.6) is 0 Å². The number of amides is 1. The number of anilines is 1. The predicted octanol–water partition coefficient (Wildman–Crippen LogP) is 1.03. The maximum Gasteiger partial charge on any atom is 0.225 e. The Morgan fingerprint density at radius 2 is 2.11 bits per heavy atom. The number of aromatic nitrogens is 4. The van der Waals surface area contributed by atoms with Crippen LogP contribution in [0.1, 0.15) is 17.7 Å². The van der Waals surface area contributed by atoms with Gasteiger partial charge in [0.2, 0.25) is 5.91 Å². The summed E-state index contributed by atoms with van der Waals surface area (Å²) in [7, 11) is 3.69. The van der Waals surface area contributed by atoms with Crippen LogP contribution in [0.4, 0.5) is 5.82 Å². The highest BCUT2D eigenvalue weighted by atomic mass is 16.1. The molecule has 0 atom stereocenters. The first-order chi connectivity index (χ1) is 8.58. The molecule has 0 unspecified atom stereocenters. The molecule has 0 aliphatic rings. The smallest absolute Gasteiger partial charge is 0.225 e. The first-order valence-corrected chi connectivity index (χ1v) is 5.83. The fourth-order valence-electron chi connectivity index (χ4n) is 1.74. The highest BCUT2D eigenvalue weighted by Crippen LogP contribution is 2.10. The summed E-state index contributed by atoms with van der Waals surface area (Å²) in [6.45, 7) is 2.00. The van der Waals surface area contributed by atoms with Crippen LogP contribution in [0.25, 0.3) is 0 Å². The molecule has 2 heterocycles. The van der Waals surface area contributed by atoms with Crippen molar-refractivity contribution in [3.8, 4) is 0 Å². The zero-order valence-electron chi connectivity index (χ0n) is 10.8. The lowest BCUT2D eigenvalue weighted by Gasteiger charge is -2.05. The minimum Gasteiger partial charge on any atom is -0.311 e. The van der Waals surface area contributed by atoms with Gasteiger partial charge in [0.05, 0.1) is 12.4 Å². The van der Waals surface area contributed by atoms with Gasteiger partial charge in [0.25, 0.3) is 0 Å². The Morgan fingerprint density at radius 1 is 1.33 bits per heavy atom. The van der Waals surface area contributed by atoms with Crippen molar-refractivity contribution < 1.29 is 4.79 Å². The lowest BCUT2D eigenvalue weighted by molar-refractivity contribution is -0.116. The second-order valence-electron chi connectivity index (χ2n) is 4.27. The second-order valence-corrected chi connectivity index (χ2v) is 4.27. The zero-order chi connectivity index (χ0) is 13.1. The molecule has 1 amide bonds. The molecule has 0 spiro atoms. The van der Waals surface area contributed by atoms with Crippen molar-refractivity contribution in [2.45, 2.75) is 19.8 Å². The fourth-order valence-corrected chi connectivity index (χ4v) is 1.74. The molecule has 2 aromatic heterocycles. The van der Waals surface area contributed by atoms with E-state index >= 15 is 0 Å². The van der Waals surface area contributed by atoms with Crippen LogP contribution >= 0.6 is 0 Å². The molecule has 0 aliphatic heterocycles. The third kappa shape index (κ3) is 2.58. The van der Waals surface area contributed by atoms with E-state index in [0.717, 1.165) is 11.3 Å². The molecule has 0 aliphatic carbocycles. The first kappa shape index (κ1) is 12.3. The lowest BCUT2D eigenvalue weighted by Crippen LogP contribution is -2.15. The van der Waals surface area contributed by atoms with Gasteiger partial charge in [0.1, 0.15) is 5.82 Å². The van der Waals surface area contributed by atoms with Gasteiger partial charge in [-0.25, -0.2) is 0 Å². The SMILES string of the molecule is Cc1c(CCC(=O)Nc2ccnn2C)cnn1C. The van der Waals surface area contributed by atoms with Gasteiger partial charge in [0.15, 0.2) is 0 Å². The number of nitrogens with zero attached hydrogens (tertiary/aromatic N) is 4. The Bertz CT molecular complexity index is 555. The Hall–Kier alpha value is -2.11. The molecule has 2 aromatic rings. The summed E-state index contributed by atoms with van der Waals surface area (Å²) < 4.78 is 3.45. The maximum atomic E-state index is 11.8. The topological polar surface area (TPSA) is 64.7 Å². The van der Waals surface area contributed by atoms with Gasteiger partial charge in [-0.2, -0.15) is 10.2 Å². The number of rotatable bonds is 4. The first-order valence-electron chi connectivity index (χ1n) is 5.83. The average Bonchev–Trinajstić information content (AvgIpc) is 2.86. The van der Waals surface area contributed by atoms with Crippen molar-refractivity contribution in [2.24, 2.45) is 14.1 Å². The molecule has 1 N–H and O–H groups in total. The molecule has 2 rings (SSSR count). The van der Waals surface area contributed by atoms with Crippen molar-refractivity contribution in [2.75, 3.05) is 5.32 Å². The molecule has 0 saturated carbocycles. The predicted molar refractivity (Wildman–Crippen MR) is 68.1 cm³/mol. The van der Waals surface area contributed by atoms with E-state index in [4.69, 9.17) is 0 Å². The van der Waals surface area contributed by atoms with Crippen molar-refractivity contribution >= 4 is 11.7 Å². The molecular formula is C12H17N5O. The molecule has 0 bridgehead atoms. The van der Waals surface area contributed by atoms with Crippen molar-refractivity contribution in [1.82, 2.24) is 19.6 Å². The molecule has 0 aromatic carbocycles. The monoisotopic (exact) mass is 247 g/mol. The van der Waals surface area contributed by atoms with Crippen LogP contribution in [0.15, 0.2) is 18.5 Å². The molecule has 18 heavy (non-hydrogen) atoms. The van der Waals surface area contributed by atoms with Crippen molar-refractivity contribution in [3.05, 3.63) is 29.7 Å². The number of hydrogen-bond donors (Lipinski definition) is 1. The summed E-state index contributed by atoms with van der Waals surface area (Å²) >= 11 is 0. The van der Waals surface area contributed by atoms with E-state index in [-0.39, 0.29) is 5.91 Å². The molecule has 0 fully saturated rings. The van der Waals surface area contributed by atoms with Gasteiger partial charge in [-0.3, -0.25) is 14.2 Å². The van der Waals surface area contributed by atoms with E-state index in [2.05, 4.69) is 15.5 Å². The van der Waals surface area contributed by atoms with Gasteiger partial charge in [-0.05, 0) is 18.9 Å². The Kier molecular flexibility index (Phi) is 3.45. The molecule has 6 heteroatoms. The molecule has 0 radical (unpaired) electrons. The second kappa shape index (κ2) is 5.03. The van der Waals surface area contributed by atoms with Crippen LogP contribution < -0.4 is 5.32 Å². The summed E-state index contributed by atoms with van der Waals surface area (Å²) in [5.74, 6) is 0.699. The van der Waals surface area contributed by atoms with Gasteiger partial charge in [-0.15, -0.1) is 0 Å². The summed E-state index contributed by atoms with van der Waals surface area (Å²) in [5, 5.41) is 11.0. The Morgan fingerprint density at radius 3 is 2.67 bits per heavy atom. The highest BCUT2D eigenvalue weighted by molar-refractivity contribution is 5.89. The average molecular weight is 247 g/mol. The summed E-state index contributed by atoms with van der Waals surface area (Å²) in [5.41, 5.74) is 2.21. The maximum absolute atomic E-state index is 11.8. The number of hydrogen-bond acceptors (Lipinski definition) is 3. The van der Waals surface area contributed by atoms with Crippen LogP contribution in [-0.2, 0) is 25.3 Å². The number of carbonyl (C=O) groups is 1. The highest BCUT2D eigenvalue weighted by Gasteiger charge is 2.08. The zero-order valence-corrected chi connectivity index (χ0v) is 10.8. The van der Waals surface area contributed by atoms with E-state index in [1.54, 1.807) is 24.0 Å². The molecule has 96 valence electrons. The van der Waals surface area contributed by atoms with Gasteiger partial charge in [-0.1, -0.05) is 0 Å². The Labute approximate surface area is 106 Å². The van der Waals surface area contributed by atoms with E-state index in [1.165, 1.54) is 0 Å². The van der Waals surface area contributed by atoms with E-state index in [1.807, 2.05) is 24.9 Å². The number of aryl methyl sites for hydroxylation is 3. The van der Waals surface area contributed by atoms with Crippen LogP contribution in [0.2, 0.25) is 0 Å². The minimum absolute atomic E-state index is 0.0122. The van der Waals surface area contributed by atoms with E-state index < -0.39 is 0 Å². The third-order valence-electron chi connectivity index (χ3n) is 3.05.